The Balaban J connectivity index is 0.00000182. The minimum Gasteiger partial charge on any atom is -0.389 e. The standard InChI is InChI=1S/C21H37NO2.ClH/c1-22(19-5-3-2-4-6-19)13-20(23)14-24-15-21-10-16-7-17(11-21)9-18(8-16)12-21;/h16-20,23H,2-15H2,1H3;1H. The number of halogens is 1. The molecule has 5 fully saturated rings. The molecule has 0 aliphatic heterocycles. The van der Waals surface area contributed by atoms with E-state index in [0.717, 1.165) is 30.9 Å². The fraction of sp³-hybridized carbons (Fsp3) is 1.00. The van der Waals surface area contributed by atoms with Gasteiger partial charge < -0.3 is 14.7 Å². The summed E-state index contributed by atoms with van der Waals surface area (Å²) >= 11 is 0. The number of aliphatic hydroxyl groups is 1. The van der Waals surface area contributed by atoms with Crippen LogP contribution in [0.1, 0.15) is 70.6 Å². The third kappa shape index (κ3) is 4.72. The van der Waals surface area contributed by atoms with E-state index in [1.165, 1.54) is 70.6 Å². The Kier molecular flexibility index (Phi) is 6.74. The summed E-state index contributed by atoms with van der Waals surface area (Å²) in [4.78, 5) is 2.37. The van der Waals surface area contributed by atoms with Gasteiger partial charge in [-0.05, 0) is 81.6 Å². The predicted octanol–water partition coefficient (Wildman–Crippen LogP) is 4.27. The summed E-state index contributed by atoms with van der Waals surface area (Å²) in [7, 11) is 2.18. The number of ether oxygens (including phenoxy) is 1. The van der Waals surface area contributed by atoms with Gasteiger partial charge >= 0.3 is 0 Å². The molecule has 4 heteroatoms. The van der Waals surface area contributed by atoms with E-state index in [-0.39, 0.29) is 18.5 Å². The highest BCUT2D eigenvalue weighted by Crippen LogP contribution is 2.60. The highest BCUT2D eigenvalue weighted by molar-refractivity contribution is 5.85. The molecular formula is C21H38ClNO2. The smallest absolute Gasteiger partial charge is 0.0900 e. The van der Waals surface area contributed by atoms with Crippen LogP contribution >= 0.6 is 12.4 Å². The van der Waals surface area contributed by atoms with Gasteiger partial charge in [-0.2, -0.15) is 0 Å². The first-order valence-electron chi connectivity index (χ1n) is 10.6. The lowest BCUT2D eigenvalue weighted by Gasteiger charge is -2.56. The molecule has 4 bridgehead atoms. The highest BCUT2D eigenvalue weighted by atomic mass is 35.5. The summed E-state index contributed by atoms with van der Waals surface area (Å²) in [5, 5.41) is 10.4. The molecule has 146 valence electrons. The summed E-state index contributed by atoms with van der Waals surface area (Å²) in [5.74, 6) is 2.96. The number of likely N-dealkylation sites (N-methyl/N-ethyl adjacent to an activating group) is 1. The summed E-state index contributed by atoms with van der Waals surface area (Å²) in [6, 6.07) is 0.677. The van der Waals surface area contributed by atoms with E-state index in [0.29, 0.717) is 18.1 Å². The molecular weight excluding hydrogens is 334 g/mol. The molecule has 0 aromatic heterocycles. The van der Waals surface area contributed by atoms with Gasteiger partial charge in [-0.15, -0.1) is 12.4 Å². The summed E-state index contributed by atoms with van der Waals surface area (Å²) in [5.41, 5.74) is 0.476. The average molecular weight is 372 g/mol. The number of nitrogens with zero attached hydrogens (tertiary/aromatic N) is 1. The molecule has 1 unspecified atom stereocenters. The Morgan fingerprint density at radius 1 is 1.00 bits per heavy atom. The fourth-order valence-electron chi connectivity index (χ4n) is 6.93. The molecule has 25 heavy (non-hydrogen) atoms. The Morgan fingerprint density at radius 2 is 1.56 bits per heavy atom. The van der Waals surface area contributed by atoms with Gasteiger partial charge in [0, 0.05) is 12.6 Å². The van der Waals surface area contributed by atoms with E-state index >= 15 is 0 Å². The molecule has 1 atom stereocenters. The van der Waals surface area contributed by atoms with Crippen molar-refractivity contribution in [3.8, 4) is 0 Å². The zero-order chi connectivity index (χ0) is 16.6. The van der Waals surface area contributed by atoms with Gasteiger partial charge in [0.1, 0.15) is 0 Å². The van der Waals surface area contributed by atoms with Gasteiger partial charge in [-0.1, -0.05) is 19.3 Å². The molecule has 0 spiro atoms. The summed E-state index contributed by atoms with van der Waals surface area (Å²) < 4.78 is 6.09. The van der Waals surface area contributed by atoms with Crippen molar-refractivity contribution in [2.24, 2.45) is 23.2 Å². The van der Waals surface area contributed by atoms with Crippen molar-refractivity contribution in [1.82, 2.24) is 4.90 Å². The van der Waals surface area contributed by atoms with Crippen LogP contribution in [0.25, 0.3) is 0 Å². The van der Waals surface area contributed by atoms with Crippen LogP contribution in [-0.2, 0) is 4.74 Å². The minimum atomic E-state index is -0.328. The maximum absolute atomic E-state index is 10.4. The highest BCUT2D eigenvalue weighted by Gasteiger charge is 2.50. The Labute approximate surface area is 160 Å². The Hall–Kier alpha value is 0.170. The predicted molar refractivity (Wildman–Crippen MR) is 104 cm³/mol. The number of rotatable bonds is 7. The van der Waals surface area contributed by atoms with Crippen LogP contribution in [-0.4, -0.2) is 49.0 Å². The van der Waals surface area contributed by atoms with Gasteiger partial charge in [-0.25, -0.2) is 0 Å². The molecule has 0 heterocycles. The van der Waals surface area contributed by atoms with E-state index in [1.54, 1.807) is 0 Å². The second kappa shape index (κ2) is 8.46. The molecule has 0 amide bonds. The van der Waals surface area contributed by atoms with Crippen LogP contribution in [0, 0.1) is 23.2 Å². The van der Waals surface area contributed by atoms with Gasteiger partial charge in [0.15, 0.2) is 0 Å². The third-order valence-electron chi connectivity index (χ3n) is 7.58. The maximum atomic E-state index is 10.4. The Morgan fingerprint density at radius 3 is 2.12 bits per heavy atom. The molecule has 5 saturated carbocycles. The molecule has 5 aliphatic rings. The van der Waals surface area contributed by atoms with E-state index < -0.39 is 0 Å². The lowest BCUT2D eigenvalue weighted by Crippen LogP contribution is -2.48. The molecule has 5 aliphatic carbocycles. The van der Waals surface area contributed by atoms with Gasteiger partial charge in [-0.3, -0.25) is 0 Å². The van der Waals surface area contributed by atoms with Crippen molar-refractivity contribution >= 4 is 12.4 Å². The fourth-order valence-corrected chi connectivity index (χ4v) is 6.93. The van der Waals surface area contributed by atoms with E-state index in [4.69, 9.17) is 4.74 Å². The maximum Gasteiger partial charge on any atom is 0.0900 e. The van der Waals surface area contributed by atoms with Gasteiger partial charge in [0.2, 0.25) is 0 Å². The topological polar surface area (TPSA) is 32.7 Å². The number of hydrogen-bond donors (Lipinski definition) is 1. The van der Waals surface area contributed by atoms with Gasteiger partial charge in [0.25, 0.3) is 0 Å². The van der Waals surface area contributed by atoms with Crippen molar-refractivity contribution in [3.05, 3.63) is 0 Å². The molecule has 0 aromatic carbocycles. The first-order valence-corrected chi connectivity index (χ1v) is 10.6. The lowest BCUT2D eigenvalue weighted by molar-refractivity contribution is -0.107. The summed E-state index contributed by atoms with van der Waals surface area (Å²) in [6.07, 6.45) is 15.1. The average Bonchev–Trinajstić information content (AvgIpc) is 2.54. The van der Waals surface area contributed by atoms with Crippen molar-refractivity contribution in [2.75, 3.05) is 26.8 Å². The molecule has 0 radical (unpaired) electrons. The minimum absolute atomic E-state index is 0. The zero-order valence-corrected chi connectivity index (χ0v) is 16.8. The zero-order valence-electron chi connectivity index (χ0n) is 16.0. The van der Waals surface area contributed by atoms with Crippen molar-refractivity contribution in [2.45, 2.75) is 82.8 Å². The van der Waals surface area contributed by atoms with Crippen molar-refractivity contribution in [3.63, 3.8) is 0 Å². The van der Waals surface area contributed by atoms with Gasteiger partial charge in [0.05, 0.1) is 19.3 Å². The first kappa shape index (κ1) is 19.9. The second-order valence-electron chi connectivity index (χ2n) is 9.82. The number of aliphatic hydroxyl groups excluding tert-OH is 1. The number of hydrogen-bond acceptors (Lipinski definition) is 3. The monoisotopic (exact) mass is 371 g/mol. The molecule has 1 N–H and O–H groups in total. The largest absolute Gasteiger partial charge is 0.389 e. The third-order valence-corrected chi connectivity index (χ3v) is 7.58. The van der Waals surface area contributed by atoms with Crippen LogP contribution in [0.5, 0.6) is 0 Å². The normalized spacial score (nSPS) is 38.8. The van der Waals surface area contributed by atoms with Crippen LogP contribution in [0.4, 0.5) is 0 Å². The second-order valence-corrected chi connectivity index (χ2v) is 9.82. The van der Waals surface area contributed by atoms with Crippen molar-refractivity contribution in [1.29, 1.82) is 0 Å². The van der Waals surface area contributed by atoms with E-state index in [9.17, 15) is 5.11 Å². The van der Waals surface area contributed by atoms with Crippen LogP contribution < -0.4 is 0 Å². The molecule has 5 rings (SSSR count). The molecule has 0 aromatic rings. The van der Waals surface area contributed by atoms with Crippen molar-refractivity contribution < 1.29 is 9.84 Å². The molecule has 3 nitrogen and oxygen atoms in total. The van der Waals surface area contributed by atoms with Crippen LogP contribution in [0.2, 0.25) is 0 Å². The van der Waals surface area contributed by atoms with Crippen LogP contribution in [0.15, 0.2) is 0 Å². The van der Waals surface area contributed by atoms with E-state index in [2.05, 4.69) is 11.9 Å². The van der Waals surface area contributed by atoms with E-state index in [1.807, 2.05) is 0 Å². The first-order chi connectivity index (χ1) is 11.6. The lowest BCUT2D eigenvalue weighted by atomic mass is 9.50. The Bertz CT molecular complexity index is 389. The SMILES string of the molecule is CN(CC(O)COCC12CC3CC(CC(C3)C1)C2)C1CCCCC1.Cl. The molecule has 0 saturated heterocycles. The van der Waals surface area contributed by atoms with Crippen LogP contribution in [0.3, 0.4) is 0 Å². The summed E-state index contributed by atoms with van der Waals surface area (Å²) in [6.45, 7) is 2.20. The quantitative estimate of drug-likeness (QED) is 0.725.